The van der Waals surface area contributed by atoms with Gasteiger partial charge >= 0.3 is 5.97 Å². The van der Waals surface area contributed by atoms with Gasteiger partial charge in [0.25, 0.3) is 0 Å². The third kappa shape index (κ3) is 2.90. The number of hydrogen-bond acceptors (Lipinski definition) is 4. The van der Waals surface area contributed by atoms with Crippen molar-refractivity contribution in [3.8, 4) is 0 Å². The number of carboxylic acids is 1. The van der Waals surface area contributed by atoms with Crippen LogP contribution in [0.3, 0.4) is 0 Å². The van der Waals surface area contributed by atoms with Crippen LogP contribution in [0, 0.1) is 0 Å². The van der Waals surface area contributed by atoms with Crippen molar-refractivity contribution in [2.75, 3.05) is 20.1 Å². The van der Waals surface area contributed by atoms with Crippen molar-refractivity contribution in [3.05, 3.63) is 16.1 Å². The normalized spacial score (nSPS) is 21.4. The van der Waals surface area contributed by atoms with Crippen LogP contribution in [0.2, 0.25) is 0 Å². The third-order valence-corrected chi connectivity index (χ3v) is 4.73. The molecule has 1 aromatic rings. The van der Waals surface area contributed by atoms with E-state index in [2.05, 4.69) is 22.3 Å². The Morgan fingerprint density at radius 2 is 2.39 bits per heavy atom. The minimum atomic E-state index is -0.766. The fourth-order valence-electron chi connectivity index (χ4n) is 2.41. The summed E-state index contributed by atoms with van der Waals surface area (Å²) in [6.07, 6.45) is 1.28. The lowest BCUT2D eigenvalue weighted by atomic mass is 9.90. The van der Waals surface area contributed by atoms with E-state index in [1.807, 2.05) is 13.8 Å². The molecule has 1 atom stereocenters. The molecule has 0 radical (unpaired) electrons. The Bertz CT molecular complexity index is 442. The molecule has 0 spiro atoms. The van der Waals surface area contributed by atoms with E-state index < -0.39 is 5.97 Å². The van der Waals surface area contributed by atoms with Crippen LogP contribution < -0.4 is 0 Å². The van der Waals surface area contributed by atoms with Crippen molar-refractivity contribution in [1.29, 1.82) is 0 Å². The quantitative estimate of drug-likeness (QED) is 0.910. The Hall–Kier alpha value is -0.940. The van der Waals surface area contributed by atoms with Crippen LogP contribution in [-0.2, 0) is 10.2 Å². The van der Waals surface area contributed by atoms with Crippen LogP contribution in [0.5, 0.6) is 0 Å². The molecule has 2 heterocycles. The van der Waals surface area contributed by atoms with Gasteiger partial charge in [-0.15, -0.1) is 11.3 Å². The molecule has 1 aliphatic rings. The maximum Gasteiger partial charge on any atom is 0.304 e. The van der Waals surface area contributed by atoms with Crippen LogP contribution in [0.15, 0.2) is 5.38 Å². The summed E-state index contributed by atoms with van der Waals surface area (Å²) >= 11 is 1.59. The van der Waals surface area contributed by atoms with E-state index in [9.17, 15) is 4.79 Å². The van der Waals surface area contributed by atoms with Crippen molar-refractivity contribution in [2.45, 2.75) is 38.0 Å². The zero-order chi connectivity index (χ0) is 13.3. The predicted octanol–water partition coefficient (Wildman–Crippen LogP) is 2.31. The molecule has 0 amide bonds. The molecule has 1 fully saturated rings. The summed E-state index contributed by atoms with van der Waals surface area (Å²) in [6, 6.07) is 0. The largest absolute Gasteiger partial charge is 0.481 e. The molecule has 1 aliphatic heterocycles. The van der Waals surface area contributed by atoms with Crippen LogP contribution in [0.1, 0.15) is 43.3 Å². The predicted molar refractivity (Wildman–Crippen MR) is 72.2 cm³/mol. The van der Waals surface area contributed by atoms with Gasteiger partial charge in [0.05, 0.1) is 17.1 Å². The molecule has 1 aromatic heterocycles. The van der Waals surface area contributed by atoms with Gasteiger partial charge in [-0.05, 0) is 20.0 Å². The SMILES string of the molecule is CN1CCC(c2csc(C(C)(C)CC(=O)O)n2)C1. The van der Waals surface area contributed by atoms with Gasteiger partial charge in [-0.3, -0.25) is 4.79 Å². The number of hydrogen-bond donors (Lipinski definition) is 1. The molecule has 0 bridgehead atoms. The standard InChI is InChI=1S/C13H20N2O2S/c1-13(2,6-11(16)17)12-14-10(8-18-12)9-4-5-15(3)7-9/h8-9H,4-7H2,1-3H3,(H,16,17). The number of likely N-dealkylation sites (N-methyl/N-ethyl adjacent to an activating group) is 1. The average Bonchev–Trinajstić information content (AvgIpc) is 2.83. The van der Waals surface area contributed by atoms with E-state index in [1.165, 1.54) is 0 Å². The molecular weight excluding hydrogens is 248 g/mol. The number of nitrogens with zero attached hydrogens (tertiary/aromatic N) is 2. The van der Waals surface area contributed by atoms with Gasteiger partial charge < -0.3 is 10.0 Å². The molecular formula is C13H20N2O2S. The first kappa shape index (κ1) is 13.5. The zero-order valence-electron chi connectivity index (χ0n) is 11.1. The number of aromatic nitrogens is 1. The second-order valence-corrected chi connectivity index (χ2v) is 6.64. The zero-order valence-corrected chi connectivity index (χ0v) is 12.0. The summed E-state index contributed by atoms with van der Waals surface area (Å²) < 4.78 is 0. The third-order valence-electron chi connectivity index (χ3n) is 3.50. The molecule has 1 saturated heterocycles. The Kier molecular flexibility index (Phi) is 3.73. The van der Waals surface area contributed by atoms with Gasteiger partial charge in [-0.1, -0.05) is 13.8 Å². The molecule has 0 aromatic carbocycles. The molecule has 1 N–H and O–H groups in total. The topological polar surface area (TPSA) is 53.4 Å². The Morgan fingerprint density at radius 3 is 2.94 bits per heavy atom. The van der Waals surface area contributed by atoms with E-state index in [4.69, 9.17) is 5.11 Å². The number of aliphatic carboxylic acids is 1. The average molecular weight is 268 g/mol. The molecule has 0 saturated carbocycles. The monoisotopic (exact) mass is 268 g/mol. The fraction of sp³-hybridized carbons (Fsp3) is 0.692. The first-order valence-electron chi connectivity index (χ1n) is 6.25. The summed E-state index contributed by atoms with van der Waals surface area (Å²) in [6.45, 7) is 6.08. The molecule has 4 nitrogen and oxygen atoms in total. The van der Waals surface area contributed by atoms with Gasteiger partial charge in [0.15, 0.2) is 0 Å². The van der Waals surface area contributed by atoms with Gasteiger partial charge in [0.1, 0.15) is 0 Å². The van der Waals surface area contributed by atoms with Crippen LogP contribution in [0.4, 0.5) is 0 Å². The van der Waals surface area contributed by atoms with E-state index in [-0.39, 0.29) is 11.8 Å². The minimum absolute atomic E-state index is 0.129. The lowest BCUT2D eigenvalue weighted by Crippen LogP contribution is -2.21. The minimum Gasteiger partial charge on any atom is -0.481 e. The molecule has 18 heavy (non-hydrogen) atoms. The van der Waals surface area contributed by atoms with Crippen molar-refractivity contribution < 1.29 is 9.90 Å². The summed E-state index contributed by atoms with van der Waals surface area (Å²) in [7, 11) is 2.13. The molecule has 100 valence electrons. The van der Waals surface area contributed by atoms with Gasteiger partial charge in [-0.25, -0.2) is 4.98 Å². The fourth-order valence-corrected chi connectivity index (χ4v) is 3.44. The highest BCUT2D eigenvalue weighted by Gasteiger charge is 2.30. The number of carbonyl (C=O) groups is 1. The van der Waals surface area contributed by atoms with E-state index >= 15 is 0 Å². The Morgan fingerprint density at radius 1 is 1.67 bits per heavy atom. The summed E-state index contributed by atoms with van der Waals surface area (Å²) in [4.78, 5) is 17.9. The van der Waals surface area contributed by atoms with Crippen LogP contribution >= 0.6 is 11.3 Å². The molecule has 5 heteroatoms. The van der Waals surface area contributed by atoms with E-state index in [0.29, 0.717) is 5.92 Å². The van der Waals surface area contributed by atoms with Crippen molar-refractivity contribution >= 4 is 17.3 Å². The van der Waals surface area contributed by atoms with Gasteiger partial charge in [-0.2, -0.15) is 0 Å². The highest BCUT2D eigenvalue weighted by atomic mass is 32.1. The highest BCUT2D eigenvalue weighted by Crippen LogP contribution is 2.33. The summed E-state index contributed by atoms with van der Waals surface area (Å²) in [5.74, 6) is -0.252. The lowest BCUT2D eigenvalue weighted by molar-refractivity contribution is -0.138. The van der Waals surface area contributed by atoms with E-state index in [1.54, 1.807) is 11.3 Å². The maximum absolute atomic E-state index is 10.9. The summed E-state index contributed by atoms with van der Waals surface area (Å²) in [5.41, 5.74) is 0.761. The van der Waals surface area contributed by atoms with Crippen molar-refractivity contribution in [2.24, 2.45) is 0 Å². The lowest BCUT2D eigenvalue weighted by Gasteiger charge is -2.19. The molecule has 0 aliphatic carbocycles. The molecule has 1 unspecified atom stereocenters. The first-order chi connectivity index (χ1) is 8.38. The van der Waals surface area contributed by atoms with E-state index in [0.717, 1.165) is 30.2 Å². The number of carboxylic acid groups (broad SMARTS) is 1. The number of rotatable bonds is 4. The number of likely N-dealkylation sites (tertiary alicyclic amines) is 1. The van der Waals surface area contributed by atoms with Crippen molar-refractivity contribution in [3.63, 3.8) is 0 Å². The Labute approximate surface area is 112 Å². The van der Waals surface area contributed by atoms with Crippen LogP contribution in [0.25, 0.3) is 0 Å². The first-order valence-corrected chi connectivity index (χ1v) is 7.13. The highest BCUT2D eigenvalue weighted by molar-refractivity contribution is 7.09. The second kappa shape index (κ2) is 4.97. The maximum atomic E-state index is 10.9. The van der Waals surface area contributed by atoms with Gasteiger partial charge in [0.2, 0.25) is 0 Å². The smallest absolute Gasteiger partial charge is 0.304 e. The van der Waals surface area contributed by atoms with Crippen LogP contribution in [-0.4, -0.2) is 41.1 Å². The molecule has 2 rings (SSSR count). The number of thiazole rings is 1. The summed E-state index contributed by atoms with van der Waals surface area (Å²) in [5, 5.41) is 12.0. The van der Waals surface area contributed by atoms with Gasteiger partial charge in [0, 0.05) is 23.3 Å². The van der Waals surface area contributed by atoms with Crippen molar-refractivity contribution in [1.82, 2.24) is 9.88 Å². The second-order valence-electron chi connectivity index (χ2n) is 5.78. The Balaban J connectivity index is 2.12.